The van der Waals surface area contributed by atoms with Crippen LogP contribution in [0, 0.1) is 40.4 Å². The molecule has 5 nitrogen and oxygen atoms in total. The van der Waals surface area contributed by atoms with E-state index in [1.807, 2.05) is 18.0 Å². The van der Waals surface area contributed by atoms with Crippen molar-refractivity contribution in [2.45, 2.75) is 129 Å². The second kappa shape index (κ2) is 12.2. The third-order valence-corrected chi connectivity index (χ3v) is 14.9. The van der Waals surface area contributed by atoms with Gasteiger partial charge in [0.2, 0.25) is 5.91 Å². The highest BCUT2D eigenvalue weighted by Gasteiger charge is 2.63. The number of amides is 1. The van der Waals surface area contributed by atoms with Gasteiger partial charge in [-0.3, -0.25) is 14.5 Å². The van der Waals surface area contributed by atoms with E-state index in [0.29, 0.717) is 41.4 Å². The standard InChI is InChI=1S/C41H60N2O3/c1-27-22-36-38(43(26-27)21-20-42(6)37(45)15-12-30-10-8-7-9-11-30)29(3)41(46-36)19-18-40(5)33-14-13-31-23-32(44)16-17-39(31,4)35(33)24-34(40)28(2)25-41/h7-11,27,29,31,33,35-36,38H,12-26H2,1-6H3/t27-,29+,31+,33?,35-,36+,38-,39-,40?,41-/m0/s1. The van der Waals surface area contributed by atoms with E-state index >= 15 is 0 Å². The summed E-state index contributed by atoms with van der Waals surface area (Å²) in [4.78, 5) is 30.2. The van der Waals surface area contributed by atoms with Crippen molar-refractivity contribution in [2.24, 2.45) is 40.4 Å². The minimum Gasteiger partial charge on any atom is -0.369 e. The third kappa shape index (κ3) is 5.44. The lowest BCUT2D eigenvalue weighted by atomic mass is 9.51. The summed E-state index contributed by atoms with van der Waals surface area (Å²) in [5, 5.41) is 0. The average Bonchev–Trinajstić information content (AvgIpc) is 3.45. The molecule has 3 saturated carbocycles. The van der Waals surface area contributed by atoms with Gasteiger partial charge in [0.25, 0.3) is 0 Å². The van der Waals surface area contributed by atoms with Crippen LogP contribution in [0.3, 0.4) is 0 Å². The Morgan fingerprint density at radius 2 is 1.83 bits per heavy atom. The maximum absolute atomic E-state index is 13.1. The Hall–Kier alpha value is -1.98. The molecule has 1 aromatic rings. The fourth-order valence-electron chi connectivity index (χ4n) is 12.2. The van der Waals surface area contributed by atoms with Gasteiger partial charge in [-0.25, -0.2) is 0 Å². The van der Waals surface area contributed by atoms with Crippen molar-refractivity contribution in [3.63, 3.8) is 0 Å². The Morgan fingerprint density at radius 1 is 1.04 bits per heavy atom. The number of likely N-dealkylation sites (tertiary alicyclic amines) is 1. The fraction of sp³-hybridized carbons (Fsp3) is 0.756. The number of hydrogen-bond donors (Lipinski definition) is 0. The zero-order chi connectivity index (χ0) is 32.4. The molecule has 46 heavy (non-hydrogen) atoms. The summed E-state index contributed by atoms with van der Waals surface area (Å²) in [6, 6.07) is 10.8. The van der Waals surface area contributed by atoms with Crippen LogP contribution in [-0.2, 0) is 20.7 Å². The summed E-state index contributed by atoms with van der Waals surface area (Å²) in [7, 11) is 1.99. The molecule has 1 spiro atoms. The first-order chi connectivity index (χ1) is 21.9. The first-order valence-electron chi connectivity index (χ1n) is 18.8. The van der Waals surface area contributed by atoms with E-state index in [0.717, 1.165) is 76.4 Å². The predicted octanol–water partition coefficient (Wildman–Crippen LogP) is 7.87. The zero-order valence-corrected chi connectivity index (χ0v) is 29.7. The molecule has 1 aromatic carbocycles. The van der Waals surface area contributed by atoms with Crippen LogP contribution < -0.4 is 0 Å². The fourth-order valence-corrected chi connectivity index (χ4v) is 12.2. The van der Waals surface area contributed by atoms with E-state index in [1.165, 1.54) is 31.2 Å². The van der Waals surface area contributed by atoms with Crippen molar-refractivity contribution in [1.82, 2.24) is 9.80 Å². The van der Waals surface area contributed by atoms with Gasteiger partial charge in [0.1, 0.15) is 5.78 Å². The second-order valence-corrected chi connectivity index (χ2v) is 17.4. The van der Waals surface area contributed by atoms with Crippen molar-refractivity contribution < 1.29 is 14.3 Å². The number of Topliss-reactive ketones (excluding diaryl/α,β-unsaturated/α-hetero) is 1. The molecule has 252 valence electrons. The molecule has 0 bridgehead atoms. The van der Waals surface area contributed by atoms with Gasteiger partial charge in [0.05, 0.1) is 11.7 Å². The summed E-state index contributed by atoms with van der Waals surface area (Å²) in [6.07, 6.45) is 12.8. The summed E-state index contributed by atoms with van der Waals surface area (Å²) >= 11 is 0. The number of nitrogens with zero attached hydrogens (tertiary/aromatic N) is 2. The number of aryl methyl sites for hydroxylation is 1. The number of likely N-dealkylation sites (N-methyl/N-ethyl adjacent to an activating group) is 1. The third-order valence-electron chi connectivity index (χ3n) is 14.9. The summed E-state index contributed by atoms with van der Waals surface area (Å²) in [6.45, 7) is 15.3. The van der Waals surface area contributed by atoms with Crippen molar-refractivity contribution in [1.29, 1.82) is 0 Å². The summed E-state index contributed by atoms with van der Waals surface area (Å²) < 4.78 is 7.37. The first-order valence-corrected chi connectivity index (χ1v) is 18.8. The lowest BCUT2D eigenvalue weighted by Crippen LogP contribution is -2.53. The number of allylic oxidation sites excluding steroid dienone is 1. The number of ketones is 1. The predicted molar refractivity (Wildman–Crippen MR) is 184 cm³/mol. The molecule has 2 heterocycles. The highest BCUT2D eigenvalue weighted by Crippen LogP contribution is 2.69. The van der Waals surface area contributed by atoms with E-state index in [2.05, 4.69) is 63.8 Å². The Morgan fingerprint density at radius 3 is 2.61 bits per heavy atom. The Kier molecular flexibility index (Phi) is 8.61. The zero-order valence-electron chi connectivity index (χ0n) is 29.7. The molecule has 2 saturated heterocycles. The summed E-state index contributed by atoms with van der Waals surface area (Å²) in [5.74, 6) is 3.89. The van der Waals surface area contributed by atoms with Crippen molar-refractivity contribution in [2.75, 3.05) is 26.7 Å². The minimum atomic E-state index is -0.0899. The molecular weight excluding hydrogens is 568 g/mol. The van der Waals surface area contributed by atoms with Crippen LogP contribution in [0.1, 0.15) is 111 Å². The molecule has 2 aliphatic heterocycles. The van der Waals surface area contributed by atoms with Crippen LogP contribution >= 0.6 is 0 Å². The number of carbonyl (C=O) groups excluding carboxylic acids is 2. The lowest BCUT2D eigenvalue weighted by molar-refractivity contribution is -0.131. The van der Waals surface area contributed by atoms with Gasteiger partial charge in [-0.15, -0.1) is 0 Å². The average molecular weight is 629 g/mol. The van der Waals surface area contributed by atoms with E-state index in [-0.39, 0.29) is 23.0 Å². The van der Waals surface area contributed by atoms with Gasteiger partial charge in [0, 0.05) is 57.9 Å². The van der Waals surface area contributed by atoms with Crippen molar-refractivity contribution in [3.8, 4) is 0 Å². The van der Waals surface area contributed by atoms with Gasteiger partial charge in [-0.2, -0.15) is 0 Å². The monoisotopic (exact) mass is 628 g/mol. The van der Waals surface area contributed by atoms with Gasteiger partial charge < -0.3 is 9.64 Å². The van der Waals surface area contributed by atoms with Crippen LogP contribution in [0.25, 0.3) is 0 Å². The molecule has 0 aromatic heterocycles. The van der Waals surface area contributed by atoms with E-state index in [9.17, 15) is 9.59 Å². The highest BCUT2D eigenvalue weighted by molar-refractivity contribution is 5.79. The Balaban J connectivity index is 1.05. The van der Waals surface area contributed by atoms with Gasteiger partial charge >= 0.3 is 0 Å². The second-order valence-electron chi connectivity index (χ2n) is 17.4. The maximum atomic E-state index is 13.1. The number of rotatable bonds is 6. The topological polar surface area (TPSA) is 49.9 Å². The molecule has 10 atom stereocenters. The molecule has 6 aliphatic rings. The van der Waals surface area contributed by atoms with Crippen LogP contribution in [0.2, 0.25) is 0 Å². The minimum absolute atomic E-state index is 0.0899. The number of hydrogen-bond acceptors (Lipinski definition) is 4. The Labute approximate surface area is 278 Å². The highest BCUT2D eigenvalue weighted by atomic mass is 16.5. The van der Waals surface area contributed by atoms with Gasteiger partial charge in [-0.05, 0) is 105 Å². The lowest BCUT2D eigenvalue weighted by Gasteiger charge is -2.53. The molecular formula is C41H60N2O3. The van der Waals surface area contributed by atoms with Crippen molar-refractivity contribution in [3.05, 3.63) is 47.0 Å². The molecule has 2 unspecified atom stereocenters. The Bertz CT molecular complexity index is 1360. The molecule has 1 amide bonds. The summed E-state index contributed by atoms with van der Waals surface area (Å²) in [5.41, 5.74) is 5.12. The van der Waals surface area contributed by atoms with Gasteiger partial charge in [0.15, 0.2) is 0 Å². The SMILES string of the molecule is CC1=C2C[C@H]3C(CC[C@@H]4CC(=O)CC[C@@]43C)C2(C)CC[C@@]2(C1)O[C@@H]1C[C@H](C)CN(CCN(C)C(=O)CCc3ccccc3)[C@H]1[C@H]2C. The maximum Gasteiger partial charge on any atom is 0.222 e. The number of fused-ring (bicyclic) bond motifs is 6. The largest absolute Gasteiger partial charge is 0.369 e. The van der Waals surface area contributed by atoms with Crippen LogP contribution in [0.5, 0.6) is 0 Å². The number of benzene rings is 1. The first kappa shape index (κ1) is 32.6. The normalized spacial score (nSPS) is 42.3. The van der Waals surface area contributed by atoms with E-state index in [4.69, 9.17) is 4.74 Å². The van der Waals surface area contributed by atoms with Crippen molar-refractivity contribution >= 4 is 11.7 Å². The number of piperidine rings is 1. The van der Waals surface area contributed by atoms with E-state index in [1.54, 1.807) is 11.1 Å². The smallest absolute Gasteiger partial charge is 0.222 e. The number of carbonyl (C=O) groups is 2. The quantitative estimate of drug-likeness (QED) is 0.301. The molecule has 7 rings (SSSR count). The van der Waals surface area contributed by atoms with Crippen LogP contribution in [0.4, 0.5) is 0 Å². The molecule has 5 heteroatoms. The van der Waals surface area contributed by atoms with E-state index < -0.39 is 0 Å². The molecule has 4 aliphatic carbocycles. The van der Waals surface area contributed by atoms with Crippen LogP contribution in [0.15, 0.2) is 41.5 Å². The molecule has 0 radical (unpaired) electrons. The van der Waals surface area contributed by atoms with Crippen LogP contribution in [-0.4, -0.2) is 65.9 Å². The molecule has 0 N–H and O–H groups in total. The number of ether oxygens (including phenoxy) is 1. The van der Waals surface area contributed by atoms with Gasteiger partial charge in [-0.1, -0.05) is 69.2 Å². The molecule has 5 fully saturated rings.